The Bertz CT molecular complexity index is 229. The average molecular weight is 214 g/mol. The normalized spacial score (nSPS) is 10.8. The minimum absolute atomic E-state index is 0.144. The number of nitrogens with zero attached hydrogens (tertiary/aromatic N) is 1. The summed E-state index contributed by atoms with van der Waals surface area (Å²) in [5.41, 5.74) is -0.530. The lowest BCUT2D eigenvalue weighted by molar-refractivity contribution is -0.124. The lowest BCUT2D eigenvalue weighted by Gasteiger charge is -2.32. The van der Waals surface area contributed by atoms with E-state index in [0.717, 1.165) is 0 Å². The van der Waals surface area contributed by atoms with Crippen molar-refractivity contribution in [1.82, 2.24) is 5.32 Å². The van der Waals surface area contributed by atoms with Crippen molar-refractivity contribution in [3.63, 3.8) is 0 Å². The van der Waals surface area contributed by atoms with Gasteiger partial charge in [-0.1, -0.05) is 6.92 Å². The number of carbonyl (C=O) groups excluding carboxylic acids is 1. The molecule has 1 amide bonds. The molecule has 0 heterocycles. The summed E-state index contributed by atoms with van der Waals surface area (Å²) in [7, 11) is 3.13. The summed E-state index contributed by atoms with van der Waals surface area (Å²) in [6.45, 7) is 2.67. The van der Waals surface area contributed by atoms with Gasteiger partial charge in [0.25, 0.3) is 0 Å². The third-order valence-electron chi connectivity index (χ3n) is 2.16. The standard InChI is InChI=1S/C10H18N2O3/c1-4-10(7-14-2,8-15-3)12-9(13)5-6-11/h4-5,7-8H2,1-3H3,(H,12,13). The van der Waals surface area contributed by atoms with Gasteiger partial charge in [-0.2, -0.15) is 5.26 Å². The van der Waals surface area contributed by atoms with Gasteiger partial charge in [-0.15, -0.1) is 0 Å². The molecule has 0 fully saturated rings. The van der Waals surface area contributed by atoms with E-state index >= 15 is 0 Å². The molecule has 15 heavy (non-hydrogen) atoms. The maximum atomic E-state index is 11.3. The van der Waals surface area contributed by atoms with Crippen LogP contribution in [0.15, 0.2) is 0 Å². The highest BCUT2D eigenvalue weighted by Gasteiger charge is 2.29. The second-order valence-electron chi connectivity index (χ2n) is 3.38. The van der Waals surface area contributed by atoms with Gasteiger partial charge in [0.2, 0.25) is 5.91 Å². The number of hydrogen-bond acceptors (Lipinski definition) is 4. The molecule has 0 aromatic carbocycles. The molecule has 0 saturated heterocycles. The van der Waals surface area contributed by atoms with Gasteiger partial charge < -0.3 is 14.8 Å². The Morgan fingerprint density at radius 1 is 1.40 bits per heavy atom. The Balaban J connectivity index is 4.46. The molecular weight excluding hydrogens is 196 g/mol. The fraction of sp³-hybridized carbons (Fsp3) is 0.800. The molecule has 0 rings (SSSR count). The SMILES string of the molecule is CCC(COC)(COC)NC(=O)CC#N. The summed E-state index contributed by atoms with van der Waals surface area (Å²) in [5.74, 6) is -0.298. The number of nitrogens with one attached hydrogen (secondary N) is 1. The molecule has 0 radical (unpaired) electrons. The Labute approximate surface area is 90.4 Å². The molecule has 0 saturated carbocycles. The van der Waals surface area contributed by atoms with E-state index in [1.807, 2.05) is 6.92 Å². The lowest BCUT2D eigenvalue weighted by Crippen LogP contribution is -2.54. The predicted molar refractivity (Wildman–Crippen MR) is 55.1 cm³/mol. The van der Waals surface area contributed by atoms with E-state index < -0.39 is 5.54 Å². The van der Waals surface area contributed by atoms with E-state index in [9.17, 15) is 4.79 Å². The van der Waals surface area contributed by atoms with E-state index in [1.54, 1.807) is 20.3 Å². The number of rotatable bonds is 7. The van der Waals surface area contributed by atoms with E-state index in [2.05, 4.69) is 5.32 Å². The quantitative estimate of drug-likeness (QED) is 0.668. The summed E-state index contributed by atoms with van der Waals surface area (Å²) in [4.78, 5) is 11.3. The van der Waals surface area contributed by atoms with Crippen LogP contribution in [0.5, 0.6) is 0 Å². The molecule has 0 atom stereocenters. The molecule has 0 aliphatic heterocycles. The number of hydrogen-bond donors (Lipinski definition) is 1. The molecule has 0 aliphatic rings. The van der Waals surface area contributed by atoms with Crippen LogP contribution in [0.2, 0.25) is 0 Å². The maximum Gasteiger partial charge on any atom is 0.234 e. The first-order chi connectivity index (χ1) is 7.14. The van der Waals surface area contributed by atoms with Gasteiger partial charge in [0.05, 0.1) is 24.8 Å². The van der Waals surface area contributed by atoms with Gasteiger partial charge in [0, 0.05) is 14.2 Å². The number of ether oxygens (including phenoxy) is 2. The van der Waals surface area contributed by atoms with Crippen molar-refractivity contribution in [3.05, 3.63) is 0 Å². The average Bonchev–Trinajstić information content (AvgIpc) is 2.18. The smallest absolute Gasteiger partial charge is 0.234 e. The van der Waals surface area contributed by atoms with Crippen LogP contribution in [0.3, 0.4) is 0 Å². The Hall–Kier alpha value is -1.12. The van der Waals surface area contributed by atoms with Crippen molar-refractivity contribution in [2.75, 3.05) is 27.4 Å². The Morgan fingerprint density at radius 3 is 2.27 bits per heavy atom. The van der Waals surface area contributed by atoms with Crippen LogP contribution in [0.25, 0.3) is 0 Å². The predicted octanol–water partition coefficient (Wildman–Crippen LogP) is 0.458. The van der Waals surface area contributed by atoms with Crippen LogP contribution in [-0.2, 0) is 14.3 Å². The Kier molecular flexibility index (Phi) is 6.67. The molecule has 1 N–H and O–H groups in total. The van der Waals surface area contributed by atoms with E-state index in [0.29, 0.717) is 19.6 Å². The van der Waals surface area contributed by atoms with E-state index in [1.165, 1.54) is 0 Å². The van der Waals surface area contributed by atoms with Crippen LogP contribution in [0.1, 0.15) is 19.8 Å². The van der Waals surface area contributed by atoms with Gasteiger partial charge >= 0.3 is 0 Å². The van der Waals surface area contributed by atoms with Crippen molar-refractivity contribution in [2.45, 2.75) is 25.3 Å². The minimum atomic E-state index is -0.530. The van der Waals surface area contributed by atoms with Gasteiger partial charge in [-0.05, 0) is 6.42 Å². The molecule has 0 bridgehead atoms. The van der Waals surface area contributed by atoms with Crippen LogP contribution < -0.4 is 5.32 Å². The first-order valence-corrected chi connectivity index (χ1v) is 4.80. The molecule has 86 valence electrons. The molecule has 0 aliphatic carbocycles. The zero-order valence-corrected chi connectivity index (χ0v) is 9.50. The van der Waals surface area contributed by atoms with Gasteiger partial charge in [-0.3, -0.25) is 4.79 Å². The summed E-state index contributed by atoms with van der Waals surface area (Å²) in [5, 5.41) is 11.2. The number of nitriles is 1. The maximum absolute atomic E-state index is 11.3. The van der Waals surface area contributed by atoms with Crippen LogP contribution in [0.4, 0.5) is 0 Å². The highest BCUT2D eigenvalue weighted by Crippen LogP contribution is 2.11. The molecule has 0 spiro atoms. The van der Waals surface area contributed by atoms with Crippen molar-refractivity contribution in [1.29, 1.82) is 5.26 Å². The molecule has 0 aromatic heterocycles. The van der Waals surface area contributed by atoms with Crippen molar-refractivity contribution < 1.29 is 14.3 Å². The Morgan fingerprint density at radius 2 is 1.93 bits per heavy atom. The fourth-order valence-electron chi connectivity index (χ4n) is 1.37. The molecule has 0 unspecified atom stereocenters. The first kappa shape index (κ1) is 13.9. The number of carbonyl (C=O) groups is 1. The summed E-state index contributed by atoms with van der Waals surface area (Å²) >= 11 is 0. The van der Waals surface area contributed by atoms with Gasteiger partial charge in [0.15, 0.2) is 0 Å². The fourth-order valence-corrected chi connectivity index (χ4v) is 1.37. The zero-order chi connectivity index (χ0) is 11.7. The third-order valence-corrected chi connectivity index (χ3v) is 2.16. The molecule has 5 nitrogen and oxygen atoms in total. The molecule has 0 aromatic rings. The van der Waals surface area contributed by atoms with Crippen molar-refractivity contribution in [3.8, 4) is 6.07 Å². The van der Waals surface area contributed by atoms with Crippen molar-refractivity contribution in [2.24, 2.45) is 0 Å². The van der Waals surface area contributed by atoms with Gasteiger partial charge in [-0.25, -0.2) is 0 Å². The van der Waals surface area contributed by atoms with Crippen LogP contribution >= 0.6 is 0 Å². The number of methoxy groups -OCH3 is 2. The second kappa shape index (κ2) is 7.21. The van der Waals surface area contributed by atoms with E-state index in [4.69, 9.17) is 14.7 Å². The second-order valence-corrected chi connectivity index (χ2v) is 3.38. The minimum Gasteiger partial charge on any atom is -0.382 e. The summed E-state index contributed by atoms with van der Waals surface area (Å²) < 4.78 is 10.1. The van der Waals surface area contributed by atoms with Gasteiger partial charge in [0.1, 0.15) is 6.42 Å². The molecule has 5 heteroatoms. The van der Waals surface area contributed by atoms with Crippen LogP contribution in [0, 0.1) is 11.3 Å². The van der Waals surface area contributed by atoms with Crippen molar-refractivity contribution >= 4 is 5.91 Å². The number of amides is 1. The van der Waals surface area contributed by atoms with Crippen LogP contribution in [-0.4, -0.2) is 38.9 Å². The molecular formula is C10H18N2O3. The third kappa shape index (κ3) is 4.77. The summed E-state index contributed by atoms with van der Waals surface area (Å²) in [6.07, 6.45) is 0.543. The highest BCUT2D eigenvalue weighted by molar-refractivity contribution is 5.78. The topological polar surface area (TPSA) is 71.3 Å². The summed E-state index contributed by atoms with van der Waals surface area (Å²) in [6, 6.07) is 1.80. The zero-order valence-electron chi connectivity index (χ0n) is 9.50. The monoisotopic (exact) mass is 214 g/mol. The highest BCUT2D eigenvalue weighted by atomic mass is 16.5. The lowest BCUT2D eigenvalue weighted by atomic mass is 9.98. The van der Waals surface area contributed by atoms with E-state index in [-0.39, 0.29) is 12.3 Å². The largest absolute Gasteiger partial charge is 0.382 e. The first-order valence-electron chi connectivity index (χ1n) is 4.80.